The van der Waals surface area contributed by atoms with E-state index in [4.69, 9.17) is 4.74 Å². The monoisotopic (exact) mass is 311 g/mol. The van der Waals surface area contributed by atoms with Gasteiger partial charge in [-0.15, -0.1) is 0 Å². The Kier molecular flexibility index (Phi) is 3.34. The summed E-state index contributed by atoms with van der Waals surface area (Å²) in [4.78, 5) is 22.1. The number of aromatic amines is 2. The van der Waals surface area contributed by atoms with Crippen LogP contribution in [0.15, 0.2) is 30.5 Å². The van der Waals surface area contributed by atoms with Gasteiger partial charge in [0.2, 0.25) is 0 Å². The zero-order valence-corrected chi connectivity index (χ0v) is 12.7. The average molecular weight is 311 g/mol. The fraction of sp³-hybridized carbons (Fsp3) is 0.312. The predicted octanol–water partition coefficient (Wildman–Crippen LogP) is 1.81. The van der Waals surface area contributed by atoms with Crippen LogP contribution >= 0.6 is 0 Å². The van der Waals surface area contributed by atoms with Crippen LogP contribution < -0.4 is 0 Å². The fourth-order valence-electron chi connectivity index (χ4n) is 2.87. The number of aromatic nitrogens is 4. The summed E-state index contributed by atoms with van der Waals surface area (Å²) in [6, 6.07) is 7.63. The number of fused-ring (bicyclic) bond motifs is 1. The number of rotatable bonds is 2. The molecular formula is C16H17N5O2. The van der Waals surface area contributed by atoms with Gasteiger partial charge < -0.3 is 14.6 Å². The number of hydrogen-bond acceptors (Lipinski definition) is 4. The second-order valence-electron chi connectivity index (χ2n) is 5.68. The van der Waals surface area contributed by atoms with Crippen molar-refractivity contribution in [1.82, 2.24) is 25.1 Å². The summed E-state index contributed by atoms with van der Waals surface area (Å²) in [6.07, 6.45) is 1.53. The lowest BCUT2D eigenvalue weighted by Crippen LogP contribution is -2.42. The molecule has 3 heterocycles. The van der Waals surface area contributed by atoms with Crippen LogP contribution in [0.3, 0.4) is 0 Å². The van der Waals surface area contributed by atoms with Crippen molar-refractivity contribution in [2.24, 2.45) is 0 Å². The highest BCUT2D eigenvalue weighted by Gasteiger charge is 2.29. The van der Waals surface area contributed by atoms with Crippen LogP contribution in [0.5, 0.6) is 0 Å². The van der Waals surface area contributed by atoms with Crippen molar-refractivity contribution in [3.63, 3.8) is 0 Å². The van der Waals surface area contributed by atoms with Crippen LogP contribution in [0.4, 0.5) is 0 Å². The van der Waals surface area contributed by atoms with E-state index in [1.807, 2.05) is 31.2 Å². The number of nitrogens with zero attached hydrogens (tertiary/aromatic N) is 3. The maximum Gasteiger partial charge on any atom is 0.275 e. The molecule has 23 heavy (non-hydrogen) atoms. The number of hydrogen-bond donors (Lipinski definition) is 2. The van der Waals surface area contributed by atoms with Crippen molar-refractivity contribution in [3.05, 3.63) is 47.7 Å². The van der Waals surface area contributed by atoms with E-state index < -0.39 is 0 Å². The summed E-state index contributed by atoms with van der Waals surface area (Å²) in [5.41, 5.74) is 2.30. The molecule has 7 heteroatoms. The Morgan fingerprint density at radius 1 is 1.39 bits per heavy atom. The molecule has 1 amide bonds. The van der Waals surface area contributed by atoms with Gasteiger partial charge in [-0.3, -0.25) is 9.89 Å². The fourth-order valence-corrected chi connectivity index (χ4v) is 2.87. The van der Waals surface area contributed by atoms with Gasteiger partial charge in [0.15, 0.2) is 5.69 Å². The molecule has 1 unspecified atom stereocenters. The summed E-state index contributed by atoms with van der Waals surface area (Å²) in [5, 5.41) is 7.94. The Hall–Kier alpha value is -2.67. The van der Waals surface area contributed by atoms with Crippen LogP contribution in [0, 0.1) is 6.92 Å². The molecule has 4 rings (SSSR count). The van der Waals surface area contributed by atoms with E-state index in [-0.39, 0.29) is 12.0 Å². The van der Waals surface area contributed by atoms with E-state index in [2.05, 4.69) is 20.2 Å². The van der Waals surface area contributed by atoms with Crippen molar-refractivity contribution in [2.45, 2.75) is 13.0 Å². The average Bonchev–Trinajstić information content (AvgIpc) is 3.20. The normalized spacial score (nSPS) is 18.5. The minimum atomic E-state index is -0.230. The third-order valence-corrected chi connectivity index (χ3v) is 4.05. The second-order valence-corrected chi connectivity index (χ2v) is 5.68. The Balaban J connectivity index is 1.58. The van der Waals surface area contributed by atoms with Crippen LogP contribution in [0.1, 0.15) is 28.1 Å². The molecule has 3 aromatic rings. The van der Waals surface area contributed by atoms with Gasteiger partial charge in [0.25, 0.3) is 5.91 Å². The van der Waals surface area contributed by atoms with Gasteiger partial charge in [-0.05, 0) is 13.0 Å². The molecule has 2 aromatic heterocycles. The highest BCUT2D eigenvalue weighted by molar-refractivity contribution is 6.04. The summed E-state index contributed by atoms with van der Waals surface area (Å²) >= 11 is 0. The first-order chi connectivity index (χ1) is 11.2. The molecule has 1 aromatic carbocycles. The van der Waals surface area contributed by atoms with Crippen molar-refractivity contribution in [2.75, 3.05) is 19.7 Å². The molecule has 0 aliphatic carbocycles. The maximum absolute atomic E-state index is 12.8. The van der Waals surface area contributed by atoms with Gasteiger partial charge in [0.05, 0.1) is 18.7 Å². The first kappa shape index (κ1) is 14.0. The van der Waals surface area contributed by atoms with Gasteiger partial charge in [-0.2, -0.15) is 5.10 Å². The lowest BCUT2D eigenvalue weighted by atomic mass is 10.1. The molecule has 0 bridgehead atoms. The molecule has 0 radical (unpaired) electrons. The van der Waals surface area contributed by atoms with Crippen molar-refractivity contribution < 1.29 is 9.53 Å². The molecule has 7 nitrogen and oxygen atoms in total. The van der Waals surface area contributed by atoms with Gasteiger partial charge in [0.1, 0.15) is 11.9 Å². The minimum Gasteiger partial charge on any atom is -0.367 e. The van der Waals surface area contributed by atoms with Crippen LogP contribution in [0.25, 0.3) is 10.9 Å². The number of carbonyl (C=O) groups excluding carboxylic acids is 1. The Morgan fingerprint density at radius 2 is 2.26 bits per heavy atom. The third kappa shape index (κ3) is 2.49. The smallest absolute Gasteiger partial charge is 0.275 e. The van der Waals surface area contributed by atoms with Crippen molar-refractivity contribution >= 4 is 16.8 Å². The summed E-state index contributed by atoms with van der Waals surface area (Å²) in [7, 11) is 0. The highest BCUT2D eigenvalue weighted by atomic mass is 16.5. The van der Waals surface area contributed by atoms with E-state index in [1.165, 1.54) is 0 Å². The Morgan fingerprint density at radius 3 is 3.09 bits per heavy atom. The van der Waals surface area contributed by atoms with E-state index in [0.717, 1.165) is 22.4 Å². The SMILES string of the molecule is Cc1cnc(C2CN(C(=O)c3n[nH]c4ccccc34)CCO2)[nH]1. The molecule has 1 aliphatic rings. The van der Waals surface area contributed by atoms with Gasteiger partial charge in [-0.25, -0.2) is 4.98 Å². The summed E-state index contributed by atoms with van der Waals surface area (Å²) in [5.74, 6) is 0.672. The van der Waals surface area contributed by atoms with Crippen LogP contribution in [-0.4, -0.2) is 50.7 Å². The first-order valence-corrected chi connectivity index (χ1v) is 7.58. The maximum atomic E-state index is 12.8. The number of amides is 1. The zero-order chi connectivity index (χ0) is 15.8. The second kappa shape index (κ2) is 5.51. The molecule has 2 N–H and O–H groups in total. The number of benzene rings is 1. The number of morpholine rings is 1. The van der Waals surface area contributed by atoms with Crippen molar-refractivity contribution in [1.29, 1.82) is 0 Å². The van der Waals surface area contributed by atoms with Crippen LogP contribution in [0.2, 0.25) is 0 Å². The van der Waals surface area contributed by atoms with E-state index in [0.29, 0.717) is 25.4 Å². The summed E-state index contributed by atoms with van der Waals surface area (Å²) in [6.45, 7) is 3.44. The molecular weight excluding hydrogens is 294 g/mol. The number of H-pyrrole nitrogens is 2. The number of imidazole rings is 1. The Bertz CT molecular complexity index is 853. The molecule has 1 atom stereocenters. The number of para-hydroxylation sites is 1. The quantitative estimate of drug-likeness (QED) is 0.755. The standard InChI is InChI=1S/C16H17N5O2/c1-10-8-17-15(18-10)13-9-21(6-7-23-13)16(22)14-11-4-2-3-5-12(11)19-20-14/h2-5,8,13H,6-7,9H2,1H3,(H,17,18)(H,19,20). The summed E-state index contributed by atoms with van der Waals surface area (Å²) < 4.78 is 5.75. The minimum absolute atomic E-state index is 0.0842. The van der Waals surface area contributed by atoms with E-state index >= 15 is 0 Å². The number of nitrogens with one attached hydrogen (secondary N) is 2. The van der Waals surface area contributed by atoms with E-state index in [1.54, 1.807) is 11.1 Å². The van der Waals surface area contributed by atoms with E-state index in [9.17, 15) is 4.79 Å². The van der Waals surface area contributed by atoms with Gasteiger partial charge in [0, 0.05) is 23.8 Å². The largest absolute Gasteiger partial charge is 0.367 e. The van der Waals surface area contributed by atoms with Gasteiger partial charge >= 0.3 is 0 Å². The number of aryl methyl sites for hydroxylation is 1. The lowest BCUT2D eigenvalue weighted by molar-refractivity contribution is -0.0266. The topological polar surface area (TPSA) is 86.9 Å². The first-order valence-electron chi connectivity index (χ1n) is 7.58. The van der Waals surface area contributed by atoms with Crippen molar-refractivity contribution in [3.8, 4) is 0 Å². The Labute approximate surface area is 132 Å². The molecule has 1 fully saturated rings. The molecule has 1 saturated heterocycles. The molecule has 0 spiro atoms. The third-order valence-electron chi connectivity index (χ3n) is 4.05. The number of ether oxygens (including phenoxy) is 1. The molecule has 118 valence electrons. The predicted molar refractivity (Wildman–Crippen MR) is 84.0 cm³/mol. The lowest BCUT2D eigenvalue weighted by Gasteiger charge is -2.31. The van der Waals surface area contributed by atoms with Crippen LogP contribution in [-0.2, 0) is 4.74 Å². The highest BCUT2D eigenvalue weighted by Crippen LogP contribution is 2.23. The molecule has 1 aliphatic heterocycles. The zero-order valence-electron chi connectivity index (χ0n) is 12.7. The van der Waals surface area contributed by atoms with Gasteiger partial charge in [-0.1, -0.05) is 18.2 Å². The molecule has 0 saturated carbocycles. The number of carbonyl (C=O) groups is 1.